The number of aryl methyl sites for hydroxylation is 2. The Morgan fingerprint density at radius 3 is 1.36 bits per heavy atom. The maximum Gasteiger partial charge on any atom is 0.315 e. The number of halogens is 2. The van der Waals surface area contributed by atoms with E-state index in [1.165, 1.54) is 5.56 Å². The minimum absolute atomic E-state index is 0.422. The molecular formula is C54H44Cl2N2O. The number of allylic oxidation sites excluding steroid dienone is 1. The highest BCUT2D eigenvalue weighted by atomic mass is 35.5. The van der Waals surface area contributed by atoms with E-state index in [0.717, 1.165) is 67.3 Å². The third kappa shape index (κ3) is 6.85. The highest BCUT2D eigenvalue weighted by Gasteiger charge is 2.66. The van der Waals surface area contributed by atoms with Gasteiger partial charge in [0.2, 0.25) is 0 Å². The number of hydrogen-bond donors (Lipinski definition) is 0. The van der Waals surface area contributed by atoms with E-state index < -0.39 is 11.3 Å². The number of para-hydroxylation sites is 1. The van der Waals surface area contributed by atoms with Gasteiger partial charge < -0.3 is 4.74 Å². The Bertz CT molecular complexity index is 2660. The van der Waals surface area contributed by atoms with Gasteiger partial charge in [-0.05, 0) is 89.2 Å². The molecule has 5 heteroatoms. The van der Waals surface area contributed by atoms with Crippen LogP contribution in [0.15, 0.2) is 200 Å². The van der Waals surface area contributed by atoms with Gasteiger partial charge in [-0.2, -0.15) is 0 Å². The lowest BCUT2D eigenvalue weighted by Gasteiger charge is -2.30. The topological polar surface area (TPSA) is 17.2 Å². The van der Waals surface area contributed by atoms with Crippen molar-refractivity contribution < 1.29 is 4.74 Å². The normalized spacial score (nSPS) is 15.7. The van der Waals surface area contributed by atoms with Crippen LogP contribution in [0.25, 0.3) is 44.5 Å². The monoisotopic (exact) mass is 806 g/mol. The van der Waals surface area contributed by atoms with E-state index in [9.17, 15) is 0 Å². The van der Waals surface area contributed by atoms with Crippen molar-refractivity contribution in [3.63, 3.8) is 0 Å². The second-order valence-electron chi connectivity index (χ2n) is 15.7. The molecule has 8 aromatic rings. The van der Waals surface area contributed by atoms with Gasteiger partial charge in [0.25, 0.3) is 0 Å². The van der Waals surface area contributed by atoms with Gasteiger partial charge in [-0.3, -0.25) is 9.47 Å². The fraction of sp³-hybridized carbons (Fsp3) is 0.111. The molecule has 1 atom stereocenters. The van der Waals surface area contributed by atoms with Crippen LogP contribution in [0, 0.1) is 13.8 Å². The highest BCUT2D eigenvalue weighted by molar-refractivity contribution is 6.39. The van der Waals surface area contributed by atoms with Gasteiger partial charge in [0.15, 0.2) is 0 Å². The van der Waals surface area contributed by atoms with Crippen LogP contribution < -0.4 is 9.64 Å². The lowest BCUT2D eigenvalue weighted by atomic mass is 9.84. The number of hydrogen-bond acceptors (Lipinski definition) is 2. The van der Waals surface area contributed by atoms with Crippen molar-refractivity contribution in [1.29, 1.82) is 0 Å². The number of nitrogens with zero attached hydrogens (tertiary/aromatic N) is 2. The molecule has 1 fully saturated rings. The van der Waals surface area contributed by atoms with Crippen LogP contribution in [0.2, 0.25) is 10.0 Å². The number of anilines is 1. The number of ether oxygens (including phenoxy) is 1. The molecule has 3 nitrogen and oxygen atoms in total. The molecule has 2 heterocycles. The van der Waals surface area contributed by atoms with E-state index in [1.807, 2.05) is 18.2 Å². The third-order valence-corrected chi connectivity index (χ3v) is 12.0. The van der Waals surface area contributed by atoms with Gasteiger partial charge in [0, 0.05) is 27.9 Å². The Labute approximate surface area is 357 Å². The summed E-state index contributed by atoms with van der Waals surface area (Å²) >= 11 is 14.5. The first kappa shape index (κ1) is 38.3. The molecule has 0 saturated carbocycles. The van der Waals surface area contributed by atoms with Crippen LogP contribution in [0.1, 0.15) is 30.8 Å². The molecule has 1 unspecified atom stereocenters. The summed E-state index contributed by atoms with van der Waals surface area (Å²) in [6, 6.07) is 65.4. The molecule has 59 heavy (non-hydrogen) atoms. The molecule has 1 aliphatic rings. The summed E-state index contributed by atoms with van der Waals surface area (Å²) in [5.74, 6) is -0.488. The van der Waals surface area contributed by atoms with E-state index >= 15 is 0 Å². The molecule has 9 rings (SSSR count). The van der Waals surface area contributed by atoms with E-state index in [1.54, 1.807) is 0 Å². The van der Waals surface area contributed by atoms with E-state index in [-0.39, 0.29) is 0 Å². The third-order valence-electron chi connectivity index (χ3n) is 11.4. The van der Waals surface area contributed by atoms with Crippen LogP contribution in [0.3, 0.4) is 0 Å². The lowest BCUT2D eigenvalue weighted by molar-refractivity contribution is 0.116. The van der Waals surface area contributed by atoms with Crippen molar-refractivity contribution in [2.45, 2.75) is 39.0 Å². The van der Waals surface area contributed by atoms with E-state index in [4.69, 9.17) is 27.9 Å². The quantitative estimate of drug-likeness (QED) is 0.128. The molecule has 290 valence electrons. The maximum atomic E-state index is 8.19. The molecule has 7 aromatic carbocycles. The first-order valence-corrected chi connectivity index (χ1v) is 20.7. The standard InChI is InChI=1S/C54H44Cl2N2O/c1-37-33-34-38(2)57(37)54(48(36-53(3,4)43-29-18-9-19-30-43)58(54)51-46(55)31-20-32-47(51)56)59-52-49(41-25-14-7-15-26-41)44(39-21-10-5-11-22-39)35-45(40-23-12-6-13-24-40)50(52)42-27-16-8-17-28-42/h5-36H,1-4H3. The minimum atomic E-state index is -1.23. The summed E-state index contributed by atoms with van der Waals surface area (Å²) in [7, 11) is 0. The van der Waals surface area contributed by atoms with Gasteiger partial charge in [-0.15, -0.1) is 0 Å². The predicted molar refractivity (Wildman–Crippen MR) is 247 cm³/mol. The lowest BCUT2D eigenvalue weighted by Crippen LogP contribution is -2.33. The van der Waals surface area contributed by atoms with Crippen molar-refractivity contribution in [3.8, 4) is 50.3 Å². The average molecular weight is 808 g/mol. The van der Waals surface area contributed by atoms with Crippen molar-refractivity contribution >= 4 is 28.9 Å². The smallest absolute Gasteiger partial charge is 0.315 e. The summed E-state index contributed by atoms with van der Waals surface area (Å²) in [4.78, 5) is 2.20. The van der Waals surface area contributed by atoms with Gasteiger partial charge in [-0.25, -0.2) is 0 Å². The Morgan fingerprint density at radius 2 is 0.915 bits per heavy atom. The second-order valence-corrected chi connectivity index (χ2v) is 16.5. The summed E-state index contributed by atoms with van der Waals surface area (Å²) in [5, 5.41) is 1.06. The minimum Gasteiger partial charge on any atom is -0.442 e. The fourth-order valence-corrected chi connectivity index (χ4v) is 9.11. The van der Waals surface area contributed by atoms with Gasteiger partial charge in [-0.1, -0.05) is 195 Å². The van der Waals surface area contributed by atoms with Crippen molar-refractivity contribution in [1.82, 2.24) is 4.57 Å². The Balaban J connectivity index is 1.46. The largest absolute Gasteiger partial charge is 0.442 e. The molecular weight excluding hydrogens is 764 g/mol. The van der Waals surface area contributed by atoms with Crippen molar-refractivity contribution in [2.75, 3.05) is 4.90 Å². The molecule has 0 radical (unpaired) electrons. The first-order valence-electron chi connectivity index (χ1n) is 20.0. The highest BCUT2D eigenvalue weighted by Crippen LogP contribution is 2.62. The SMILES string of the molecule is Cc1ccc(C)n1C1(Oc2c(-c3ccccc3)c(-c3ccccc3)cc(-c3ccccc3)c2-c2ccccc2)C(=CC(C)(C)c2ccccc2)N1c1c(Cl)cccc1Cl. The predicted octanol–water partition coefficient (Wildman–Crippen LogP) is 15.2. The molecule has 0 N–H and O–H groups in total. The van der Waals surface area contributed by atoms with Gasteiger partial charge >= 0.3 is 5.85 Å². The summed E-state index contributed by atoms with van der Waals surface area (Å²) in [6.45, 7) is 8.76. The Morgan fingerprint density at radius 1 is 0.508 bits per heavy atom. The maximum absolute atomic E-state index is 8.19. The summed E-state index contributed by atoms with van der Waals surface area (Å²) < 4.78 is 10.5. The van der Waals surface area contributed by atoms with Gasteiger partial charge in [0.05, 0.1) is 15.7 Å². The van der Waals surface area contributed by atoms with E-state index in [2.05, 4.69) is 213 Å². The first-order chi connectivity index (χ1) is 28.7. The zero-order valence-electron chi connectivity index (χ0n) is 33.5. The van der Waals surface area contributed by atoms with Crippen LogP contribution in [-0.2, 0) is 11.3 Å². The van der Waals surface area contributed by atoms with E-state index in [0.29, 0.717) is 15.7 Å². The molecule has 1 saturated heterocycles. The zero-order chi connectivity index (χ0) is 40.7. The van der Waals surface area contributed by atoms with Crippen LogP contribution in [-0.4, -0.2) is 4.57 Å². The van der Waals surface area contributed by atoms with Crippen LogP contribution in [0.4, 0.5) is 5.69 Å². The van der Waals surface area contributed by atoms with Gasteiger partial charge in [0.1, 0.15) is 11.4 Å². The molecule has 0 spiro atoms. The zero-order valence-corrected chi connectivity index (χ0v) is 35.0. The molecule has 0 bridgehead atoms. The number of rotatable bonds is 10. The molecule has 1 aliphatic heterocycles. The number of aromatic nitrogens is 1. The number of benzene rings is 7. The second kappa shape index (κ2) is 15.5. The molecule has 0 aliphatic carbocycles. The van der Waals surface area contributed by atoms with Crippen molar-refractivity contribution in [2.24, 2.45) is 0 Å². The Kier molecular flexibility index (Phi) is 10.0. The fourth-order valence-electron chi connectivity index (χ4n) is 8.55. The average Bonchev–Trinajstić information content (AvgIpc) is 3.69. The summed E-state index contributed by atoms with van der Waals surface area (Å²) in [5.41, 5.74) is 12.7. The van der Waals surface area contributed by atoms with Crippen LogP contribution in [0.5, 0.6) is 5.75 Å². The van der Waals surface area contributed by atoms with Crippen molar-refractivity contribution in [3.05, 3.63) is 227 Å². The Hall–Kier alpha value is -6.26. The molecule has 0 amide bonds. The molecule has 1 aromatic heterocycles. The van der Waals surface area contributed by atoms with Crippen LogP contribution >= 0.6 is 23.2 Å². The summed E-state index contributed by atoms with van der Waals surface area (Å²) in [6.07, 6.45) is 2.32.